The maximum Gasteiger partial charge on any atom is 0.416 e. The van der Waals surface area contributed by atoms with Gasteiger partial charge in [-0.2, -0.15) is 13.2 Å². The largest absolute Gasteiger partial charge is 0.416 e. The van der Waals surface area contributed by atoms with Crippen molar-refractivity contribution in [2.24, 2.45) is 0 Å². The summed E-state index contributed by atoms with van der Waals surface area (Å²) in [5.74, 6) is 5.60. The molecule has 0 spiro atoms. The van der Waals surface area contributed by atoms with Crippen molar-refractivity contribution < 1.29 is 18.0 Å². The summed E-state index contributed by atoms with van der Waals surface area (Å²) in [4.78, 5) is 21.2. The van der Waals surface area contributed by atoms with Gasteiger partial charge in [-0.15, -0.1) is 0 Å². The third kappa shape index (κ3) is 7.30. The van der Waals surface area contributed by atoms with Gasteiger partial charge in [-0.3, -0.25) is 9.69 Å². The summed E-state index contributed by atoms with van der Waals surface area (Å²) in [5.41, 5.74) is 7.38. The van der Waals surface area contributed by atoms with E-state index in [0.717, 1.165) is 31.3 Å². The number of nitrogen functional groups attached to an aromatic ring is 1. The molecular weight excluding hydrogens is 527 g/mol. The van der Waals surface area contributed by atoms with Crippen molar-refractivity contribution in [3.8, 4) is 11.8 Å². The fraction of sp³-hybridized carbons (Fsp3) is 0.310. The lowest BCUT2D eigenvalue weighted by atomic mass is 10.0. The normalized spacial score (nSPS) is 14.5. The van der Waals surface area contributed by atoms with Crippen molar-refractivity contribution >= 4 is 29.0 Å². The van der Waals surface area contributed by atoms with Crippen molar-refractivity contribution in [1.82, 2.24) is 14.8 Å². The Balaban J connectivity index is 1.51. The Morgan fingerprint density at radius 1 is 1.08 bits per heavy atom. The molecule has 39 heavy (non-hydrogen) atoms. The van der Waals surface area contributed by atoms with E-state index in [2.05, 4.69) is 34.0 Å². The molecule has 2 heterocycles. The van der Waals surface area contributed by atoms with E-state index >= 15 is 0 Å². The molecule has 6 nitrogen and oxygen atoms in total. The second-order valence-electron chi connectivity index (χ2n) is 9.40. The van der Waals surface area contributed by atoms with E-state index in [1.165, 1.54) is 18.3 Å². The molecule has 0 unspecified atom stereocenters. The van der Waals surface area contributed by atoms with E-state index < -0.39 is 17.6 Å². The molecule has 10 heteroatoms. The number of aryl methyl sites for hydroxylation is 1. The zero-order valence-corrected chi connectivity index (χ0v) is 22.5. The van der Waals surface area contributed by atoms with Gasteiger partial charge in [0.15, 0.2) is 0 Å². The number of anilines is 2. The minimum Gasteiger partial charge on any atom is -0.382 e. The topological polar surface area (TPSA) is 74.5 Å². The van der Waals surface area contributed by atoms with Gasteiger partial charge in [0.05, 0.1) is 10.6 Å². The Hall–Kier alpha value is -3.58. The van der Waals surface area contributed by atoms with Gasteiger partial charge in [0.1, 0.15) is 5.82 Å². The molecule has 1 fully saturated rings. The SMILES string of the molecule is CCN1CCN(Cc2ccc(NC(=O)c3ccc(C)c(C#Cc4cnc(N)c(Cl)c4)c3)cc2C(F)(F)F)CC1. The van der Waals surface area contributed by atoms with E-state index in [4.69, 9.17) is 17.3 Å². The van der Waals surface area contributed by atoms with Crippen LogP contribution in [0, 0.1) is 18.8 Å². The van der Waals surface area contributed by atoms with Gasteiger partial charge in [-0.1, -0.05) is 42.5 Å². The Morgan fingerprint density at radius 2 is 1.79 bits per heavy atom. The number of carbonyl (C=O) groups is 1. The number of hydrogen-bond donors (Lipinski definition) is 2. The Bertz CT molecular complexity index is 1420. The van der Waals surface area contributed by atoms with Gasteiger partial charge in [-0.25, -0.2) is 4.98 Å². The predicted molar refractivity (Wildman–Crippen MR) is 148 cm³/mol. The first-order valence-electron chi connectivity index (χ1n) is 12.5. The Morgan fingerprint density at radius 3 is 2.46 bits per heavy atom. The number of nitrogens with zero attached hydrogens (tertiary/aromatic N) is 3. The molecule has 1 aliphatic rings. The molecule has 4 rings (SSSR count). The van der Waals surface area contributed by atoms with Crippen molar-refractivity contribution in [3.63, 3.8) is 0 Å². The molecule has 0 saturated carbocycles. The van der Waals surface area contributed by atoms with Gasteiger partial charge in [0.2, 0.25) is 0 Å². The number of amides is 1. The highest BCUT2D eigenvalue weighted by molar-refractivity contribution is 6.32. The predicted octanol–water partition coefficient (Wildman–Crippen LogP) is 5.43. The molecule has 0 atom stereocenters. The molecule has 0 bridgehead atoms. The number of likely N-dealkylation sites (N-methyl/N-ethyl adjacent to an activating group) is 1. The zero-order chi connectivity index (χ0) is 28.2. The van der Waals surface area contributed by atoms with Crippen LogP contribution in [-0.2, 0) is 12.7 Å². The fourth-order valence-corrected chi connectivity index (χ4v) is 4.48. The van der Waals surface area contributed by atoms with Gasteiger partial charge in [-0.05, 0) is 54.9 Å². The molecule has 1 aromatic heterocycles. The number of alkyl halides is 3. The molecule has 3 aromatic rings. The molecule has 2 aromatic carbocycles. The molecular formula is C29H29ClF3N5O. The lowest BCUT2D eigenvalue weighted by molar-refractivity contribution is -0.138. The van der Waals surface area contributed by atoms with E-state index in [1.807, 2.05) is 11.8 Å². The maximum absolute atomic E-state index is 14.0. The van der Waals surface area contributed by atoms with Crippen LogP contribution in [0.1, 0.15) is 45.1 Å². The minimum atomic E-state index is -4.55. The quantitative estimate of drug-likeness (QED) is 0.411. The summed E-state index contributed by atoms with van der Waals surface area (Å²) >= 11 is 6.00. The van der Waals surface area contributed by atoms with Crippen molar-refractivity contribution in [3.05, 3.63) is 87.1 Å². The maximum atomic E-state index is 14.0. The molecule has 3 N–H and O–H groups in total. The van der Waals surface area contributed by atoms with E-state index in [9.17, 15) is 18.0 Å². The zero-order valence-electron chi connectivity index (χ0n) is 21.7. The average molecular weight is 556 g/mol. The summed E-state index contributed by atoms with van der Waals surface area (Å²) in [5, 5.41) is 2.89. The van der Waals surface area contributed by atoms with Crippen LogP contribution in [0.4, 0.5) is 24.7 Å². The number of benzene rings is 2. The van der Waals surface area contributed by atoms with E-state index in [1.54, 1.807) is 24.3 Å². The molecule has 204 valence electrons. The van der Waals surface area contributed by atoms with E-state index in [0.29, 0.717) is 24.2 Å². The molecule has 1 saturated heterocycles. The number of nitrogens with two attached hydrogens (primary N) is 1. The number of carbonyl (C=O) groups excluding carboxylic acids is 1. The Kier molecular flexibility index (Phi) is 8.80. The van der Waals surface area contributed by atoms with Crippen LogP contribution < -0.4 is 11.1 Å². The van der Waals surface area contributed by atoms with Gasteiger partial charge in [0, 0.05) is 61.3 Å². The van der Waals surface area contributed by atoms with Gasteiger partial charge in [0.25, 0.3) is 5.91 Å². The number of piperazine rings is 1. The highest BCUT2D eigenvalue weighted by Gasteiger charge is 2.34. The third-order valence-corrected chi connectivity index (χ3v) is 6.99. The Labute approximate surface area is 231 Å². The summed E-state index contributed by atoms with van der Waals surface area (Å²) in [6.45, 7) is 8.14. The number of rotatable bonds is 5. The number of aromatic nitrogens is 1. The first-order chi connectivity index (χ1) is 18.5. The van der Waals surface area contributed by atoms with Crippen LogP contribution in [0.25, 0.3) is 0 Å². The van der Waals surface area contributed by atoms with Crippen LogP contribution in [0.5, 0.6) is 0 Å². The van der Waals surface area contributed by atoms with Crippen LogP contribution in [-0.4, -0.2) is 53.4 Å². The first kappa shape index (κ1) is 28.4. The van der Waals surface area contributed by atoms with Crippen molar-refractivity contribution in [2.45, 2.75) is 26.6 Å². The molecule has 1 aliphatic heterocycles. The number of hydrogen-bond acceptors (Lipinski definition) is 5. The minimum absolute atomic E-state index is 0.0719. The second kappa shape index (κ2) is 12.1. The summed E-state index contributed by atoms with van der Waals surface area (Å²) in [6, 6.07) is 10.5. The van der Waals surface area contributed by atoms with Crippen LogP contribution in [0.3, 0.4) is 0 Å². The standard InChI is InChI=1S/C29H29ClF3N5O/c1-3-37-10-12-38(13-11-37)18-23-8-9-24(16-25(23)29(31,32)33)36-28(39)22-6-4-19(2)21(15-22)7-5-20-14-26(30)27(34)35-17-20/h4,6,8-9,14-17H,3,10-13,18H2,1-2H3,(H2,34,35)(H,36,39). The molecule has 0 radical (unpaired) electrons. The monoisotopic (exact) mass is 555 g/mol. The van der Waals surface area contributed by atoms with Crippen molar-refractivity contribution in [1.29, 1.82) is 0 Å². The number of pyridine rings is 1. The number of nitrogens with one attached hydrogen (secondary N) is 1. The second-order valence-corrected chi connectivity index (χ2v) is 9.81. The smallest absolute Gasteiger partial charge is 0.382 e. The lowest BCUT2D eigenvalue weighted by Gasteiger charge is -2.34. The van der Waals surface area contributed by atoms with Crippen LogP contribution >= 0.6 is 11.6 Å². The molecule has 1 amide bonds. The van der Waals surface area contributed by atoms with Crippen LogP contribution in [0.2, 0.25) is 5.02 Å². The number of halogens is 4. The summed E-state index contributed by atoms with van der Waals surface area (Å²) < 4.78 is 41.9. The average Bonchev–Trinajstić information content (AvgIpc) is 2.90. The first-order valence-corrected chi connectivity index (χ1v) is 12.9. The highest BCUT2D eigenvalue weighted by atomic mass is 35.5. The van der Waals surface area contributed by atoms with Crippen LogP contribution in [0.15, 0.2) is 48.7 Å². The molecule has 0 aliphatic carbocycles. The third-order valence-electron chi connectivity index (χ3n) is 6.69. The van der Waals surface area contributed by atoms with Gasteiger partial charge >= 0.3 is 6.18 Å². The van der Waals surface area contributed by atoms with Gasteiger partial charge < -0.3 is 16.0 Å². The highest BCUT2D eigenvalue weighted by Crippen LogP contribution is 2.35. The van der Waals surface area contributed by atoms with Crippen molar-refractivity contribution in [2.75, 3.05) is 43.8 Å². The fourth-order valence-electron chi connectivity index (χ4n) is 4.32. The summed E-state index contributed by atoms with van der Waals surface area (Å²) in [7, 11) is 0. The lowest BCUT2D eigenvalue weighted by Crippen LogP contribution is -2.45. The van der Waals surface area contributed by atoms with E-state index in [-0.39, 0.29) is 34.2 Å². The summed E-state index contributed by atoms with van der Waals surface area (Å²) in [6.07, 6.45) is -3.05.